The Labute approximate surface area is 117 Å². The van der Waals surface area contributed by atoms with Gasteiger partial charge in [-0.2, -0.15) is 0 Å². The summed E-state index contributed by atoms with van der Waals surface area (Å²) >= 11 is 0. The summed E-state index contributed by atoms with van der Waals surface area (Å²) in [7, 11) is 0. The van der Waals surface area contributed by atoms with Gasteiger partial charge in [-0.1, -0.05) is 13.0 Å². The van der Waals surface area contributed by atoms with E-state index in [4.69, 9.17) is 4.42 Å². The van der Waals surface area contributed by atoms with Crippen LogP contribution in [0.4, 0.5) is 0 Å². The van der Waals surface area contributed by atoms with Gasteiger partial charge in [-0.05, 0) is 42.5 Å². The molecule has 2 heterocycles. The van der Waals surface area contributed by atoms with Crippen LogP contribution in [-0.4, -0.2) is 25.0 Å². The normalized spacial score (nSPS) is 31.2. The van der Waals surface area contributed by atoms with Crippen LogP contribution in [0, 0.1) is 17.8 Å². The summed E-state index contributed by atoms with van der Waals surface area (Å²) in [5, 5.41) is 7.43. The van der Waals surface area contributed by atoms with Crippen LogP contribution < -0.4 is 10.6 Å². The lowest BCUT2D eigenvalue weighted by Crippen LogP contribution is -2.40. The predicted octanol–water partition coefficient (Wildman–Crippen LogP) is 2.02. The van der Waals surface area contributed by atoms with Crippen molar-refractivity contribution in [3.05, 3.63) is 36.1 Å². The van der Waals surface area contributed by atoms with E-state index in [9.17, 15) is 4.79 Å². The summed E-state index contributed by atoms with van der Waals surface area (Å²) in [5.74, 6) is 2.38. The summed E-state index contributed by atoms with van der Waals surface area (Å²) in [5.41, 5.74) is 1.45. The van der Waals surface area contributed by atoms with Crippen molar-refractivity contribution in [2.45, 2.75) is 13.0 Å². The van der Waals surface area contributed by atoms with E-state index in [1.165, 1.54) is 0 Å². The zero-order chi connectivity index (χ0) is 13.7. The highest BCUT2D eigenvalue weighted by molar-refractivity contribution is 6.05. The van der Waals surface area contributed by atoms with E-state index in [2.05, 4.69) is 17.6 Å². The Kier molecular flexibility index (Phi) is 2.60. The average molecular weight is 270 g/mol. The van der Waals surface area contributed by atoms with Gasteiger partial charge in [-0.25, -0.2) is 0 Å². The van der Waals surface area contributed by atoms with Crippen molar-refractivity contribution in [1.29, 1.82) is 0 Å². The van der Waals surface area contributed by atoms with Crippen molar-refractivity contribution >= 4 is 16.9 Å². The summed E-state index contributed by atoms with van der Waals surface area (Å²) in [6.07, 6.45) is 1.62. The third-order valence-electron chi connectivity index (χ3n) is 4.94. The molecule has 2 N–H and O–H groups in total. The maximum Gasteiger partial charge on any atom is 0.252 e. The quantitative estimate of drug-likeness (QED) is 0.897. The molecule has 1 amide bonds. The Bertz CT molecular complexity index is 663. The molecule has 1 aromatic heterocycles. The molecule has 1 aliphatic carbocycles. The second kappa shape index (κ2) is 4.35. The average Bonchev–Trinajstić information content (AvgIpc) is 2.90. The van der Waals surface area contributed by atoms with Gasteiger partial charge in [0, 0.05) is 18.0 Å². The van der Waals surface area contributed by atoms with Crippen molar-refractivity contribution in [2.24, 2.45) is 17.8 Å². The van der Waals surface area contributed by atoms with Crippen LogP contribution in [0.15, 0.2) is 34.9 Å². The molecule has 20 heavy (non-hydrogen) atoms. The Hall–Kier alpha value is -1.81. The van der Waals surface area contributed by atoms with E-state index < -0.39 is 0 Å². The minimum absolute atomic E-state index is 0.0180. The van der Waals surface area contributed by atoms with E-state index in [1.807, 2.05) is 24.3 Å². The molecule has 2 fully saturated rings. The number of fused-ring (bicyclic) bond motifs is 2. The molecule has 1 saturated heterocycles. The number of hydrogen-bond acceptors (Lipinski definition) is 3. The maximum atomic E-state index is 12.3. The fourth-order valence-electron chi connectivity index (χ4n) is 3.69. The number of amides is 1. The van der Waals surface area contributed by atoms with Crippen LogP contribution in [0.3, 0.4) is 0 Å². The van der Waals surface area contributed by atoms with Crippen LogP contribution in [0.1, 0.15) is 17.3 Å². The van der Waals surface area contributed by atoms with Gasteiger partial charge < -0.3 is 15.1 Å². The summed E-state index contributed by atoms with van der Waals surface area (Å²) < 4.78 is 5.33. The highest BCUT2D eigenvalue weighted by Gasteiger charge is 2.54. The Morgan fingerprint density at radius 3 is 3.15 bits per heavy atom. The minimum atomic E-state index is -0.0180. The number of benzene rings is 1. The van der Waals surface area contributed by atoms with E-state index in [-0.39, 0.29) is 5.91 Å². The van der Waals surface area contributed by atoms with E-state index in [1.54, 1.807) is 6.26 Å². The lowest BCUT2D eigenvalue weighted by Gasteiger charge is -2.15. The van der Waals surface area contributed by atoms with Gasteiger partial charge in [0.2, 0.25) is 0 Å². The van der Waals surface area contributed by atoms with Crippen LogP contribution in [0.5, 0.6) is 0 Å². The third kappa shape index (κ3) is 1.75. The van der Waals surface area contributed by atoms with Gasteiger partial charge in [0.05, 0.1) is 11.8 Å². The van der Waals surface area contributed by atoms with Crippen LogP contribution in [0.2, 0.25) is 0 Å². The number of furan rings is 1. The van der Waals surface area contributed by atoms with E-state index in [0.717, 1.165) is 35.3 Å². The lowest BCUT2D eigenvalue weighted by molar-refractivity contribution is 0.0950. The molecule has 1 saturated carbocycles. The molecule has 1 unspecified atom stereocenters. The Balaban J connectivity index is 1.46. The molecular weight excluding hydrogens is 252 g/mol. The molecule has 0 spiro atoms. The first-order chi connectivity index (χ1) is 9.75. The third-order valence-corrected chi connectivity index (χ3v) is 4.94. The smallest absolute Gasteiger partial charge is 0.252 e. The summed E-state index contributed by atoms with van der Waals surface area (Å²) in [6.45, 7) is 4.11. The summed E-state index contributed by atoms with van der Waals surface area (Å²) in [6, 6.07) is 7.85. The summed E-state index contributed by atoms with van der Waals surface area (Å²) in [4.78, 5) is 12.3. The van der Waals surface area contributed by atoms with Crippen LogP contribution in [0.25, 0.3) is 11.0 Å². The van der Waals surface area contributed by atoms with Crippen molar-refractivity contribution in [1.82, 2.24) is 10.6 Å². The molecule has 104 valence electrons. The number of piperidine rings is 1. The van der Waals surface area contributed by atoms with Crippen molar-refractivity contribution in [3.8, 4) is 0 Å². The number of nitrogens with one attached hydrogen (secondary N) is 2. The van der Waals surface area contributed by atoms with E-state index in [0.29, 0.717) is 18.2 Å². The molecule has 0 bridgehead atoms. The van der Waals surface area contributed by atoms with Crippen LogP contribution in [-0.2, 0) is 0 Å². The standard InChI is InChI=1S/C16H18N2O2/c1-9-12-7-17-13(15(9)12)8-18-16(19)11-3-2-4-14-10(11)5-6-20-14/h2-6,9,12-13,15,17H,7-8H2,1H3,(H,18,19)/t9-,12+,13?,15-/m1/s1. The second-order valence-corrected chi connectivity index (χ2v) is 5.96. The van der Waals surface area contributed by atoms with Gasteiger partial charge in [0.25, 0.3) is 5.91 Å². The fourth-order valence-corrected chi connectivity index (χ4v) is 3.69. The van der Waals surface area contributed by atoms with E-state index >= 15 is 0 Å². The van der Waals surface area contributed by atoms with Crippen LogP contribution >= 0.6 is 0 Å². The topological polar surface area (TPSA) is 54.3 Å². The minimum Gasteiger partial charge on any atom is -0.464 e. The Morgan fingerprint density at radius 1 is 1.45 bits per heavy atom. The zero-order valence-corrected chi connectivity index (χ0v) is 11.4. The van der Waals surface area contributed by atoms with Gasteiger partial charge in [0.15, 0.2) is 0 Å². The SMILES string of the molecule is C[C@@H]1[C@@H]2CNC(CNC(=O)c3cccc4occc34)[C@H]12. The van der Waals surface area contributed by atoms with Crippen molar-refractivity contribution in [3.63, 3.8) is 0 Å². The molecular formula is C16H18N2O2. The molecule has 4 nitrogen and oxygen atoms in total. The lowest BCUT2D eigenvalue weighted by atomic mass is 10.1. The number of rotatable bonds is 3. The molecule has 1 aliphatic heterocycles. The predicted molar refractivity (Wildman–Crippen MR) is 76.5 cm³/mol. The van der Waals surface area contributed by atoms with Gasteiger partial charge in [0.1, 0.15) is 5.58 Å². The Morgan fingerprint density at radius 2 is 2.35 bits per heavy atom. The molecule has 2 aliphatic rings. The molecule has 0 radical (unpaired) electrons. The highest BCUT2D eigenvalue weighted by atomic mass is 16.3. The first-order valence-electron chi connectivity index (χ1n) is 7.23. The first-order valence-corrected chi connectivity index (χ1v) is 7.23. The maximum absolute atomic E-state index is 12.3. The molecule has 4 heteroatoms. The molecule has 2 aromatic rings. The number of carbonyl (C=O) groups excluding carboxylic acids is 1. The fraction of sp³-hybridized carbons (Fsp3) is 0.438. The zero-order valence-electron chi connectivity index (χ0n) is 11.4. The van der Waals surface area contributed by atoms with Crippen molar-refractivity contribution in [2.75, 3.05) is 13.1 Å². The molecule has 1 aromatic carbocycles. The van der Waals surface area contributed by atoms with Crippen molar-refractivity contribution < 1.29 is 9.21 Å². The highest BCUT2D eigenvalue weighted by Crippen LogP contribution is 2.51. The monoisotopic (exact) mass is 270 g/mol. The molecule has 4 rings (SSSR count). The first kappa shape index (κ1) is 12.0. The number of hydrogen-bond donors (Lipinski definition) is 2. The van der Waals surface area contributed by atoms with Gasteiger partial charge >= 0.3 is 0 Å². The van der Waals surface area contributed by atoms with Gasteiger partial charge in [-0.3, -0.25) is 4.79 Å². The second-order valence-electron chi connectivity index (χ2n) is 5.96. The number of carbonyl (C=O) groups is 1. The van der Waals surface area contributed by atoms with Gasteiger partial charge in [-0.15, -0.1) is 0 Å². The largest absolute Gasteiger partial charge is 0.464 e. The molecule has 4 atom stereocenters.